The van der Waals surface area contributed by atoms with E-state index in [9.17, 15) is 4.79 Å². The average Bonchev–Trinajstić information content (AvgIpc) is 2.19. The highest BCUT2D eigenvalue weighted by molar-refractivity contribution is 5.78. The molecule has 2 N–H and O–H groups in total. The van der Waals surface area contributed by atoms with Gasteiger partial charge in [-0.15, -0.1) is 0 Å². The summed E-state index contributed by atoms with van der Waals surface area (Å²) in [7, 11) is 0. The molecule has 0 bridgehead atoms. The molecule has 0 aliphatic carbocycles. The molecular weight excluding hydrogens is 192 g/mol. The number of carbonyl (C=O) groups excluding carboxylic acids is 1. The highest BCUT2D eigenvalue weighted by Crippen LogP contribution is 2.21. The van der Waals surface area contributed by atoms with Crippen LogP contribution in [0.2, 0.25) is 0 Å². The molecule has 15 heavy (non-hydrogen) atoms. The summed E-state index contributed by atoms with van der Waals surface area (Å²) in [5.41, 5.74) is 0. The molecule has 4 heteroatoms. The van der Waals surface area contributed by atoms with Crippen molar-refractivity contribution in [2.24, 2.45) is 5.92 Å². The highest BCUT2D eigenvalue weighted by atomic mass is 16.3. The zero-order chi connectivity index (χ0) is 11.3. The first-order valence-corrected chi connectivity index (χ1v) is 5.75. The van der Waals surface area contributed by atoms with Crippen molar-refractivity contribution < 1.29 is 9.90 Å². The molecule has 0 spiro atoms. The Hall–Kier alpha value is -0.610. The van der Waals surface area contributed by atoms with Crippen molar-refractivity contribution in [3.63, 3.8) is 0 Å². The van der Waals surface area contributed by atoms with Gasteiger partial charge in [0.1, 0.15) is 0 Å². The number of aliphatic hydroxyl groups excluding tert-OH is 1. The minimum absolute atomic E-state index is 0.0122. The summed E-state index contributed by atoms with van der Waals surface area (Å²) >= 11 is 0. The Morgan fingerprint density at radius 3 is 2.87 bits per heavy atom. The number of likely N-dealkylation sites (tertiary alicyclic amines) is 1. The summed E-state index contributed by atoms with van der Waals surface area (Å²) in [6, 6.07) is 0.494. The quantitative estimate of drug-likeness (QED) is 0.703. The fraction of sp³-hybridized carbons (Fsp3) is 0.909. The number of aliphatic hydroxyl groups is 1. The van der Waals surface area contributed by atoms with Crippen LogP contribution in [0.4, 0.5) is 0 Å². The molecular formula is C11H22N2O2. The predicted octanol–water partition coefficient (Wildman–Crippen LogP) is 0.215. The first-order valence-electron chi connectivity index (χ1n) is 5.75. The van der Waals surface area contributed by atoms with Crippen molar-refractivity contribution in [3.8, 4) is 0 Å². The molecule has 0 radical (unpaired) electrons. The van der Waals surface area contributed by atoms with E-state index in [1.54, 1.807) is 0 Å². The van der Waals surface area contributed by atoms with Crippen LogP contribution in [0.5, 0.6) is 0 Å². The fourth-order valence-corrected chi connectivity index (χ4v) is 2.13. The van der Waals surface area contributed by atoms with Gasteiger partial charge < -0.3 is 10.4 Å². The van der Waals surface area contributed by atoms with E-state index in [1.807, 2.05) is 0 Å². The topological polar surface area (TPSA) is 52.6 Å². The Labute approximate surface area is 91.6 Å². The van der Waals surface area contributed by atoms with E-state index in [-0.39, 0.29) is 12.5 Å². The molecule has 1 heterocycles. The Morgan fingerprint density at radius 2 is 2.27 bits per heavy atom. The average molecular weight is 214 g/mol. The lowest BCUT2D eigenvalue weighted by molar-refractivity contribution is -0.123. The van der Waals surface area contributed by atoms with E-state index in [2.05, 4.69) is 24.1 Å². The first kappa shape index (κ1) is 12.5. The Balaban J connectivity index is 2.28. The van der Waals surface area contributed by atoms with Crippen LogP contribution in [-0.2, 0) is 4.79 Å². The van der Waals surface area contributed by atoms with E-state index in [0.717, 1.165) is 12.5 Å². The van der Waals surface area contributed by atoms with Crippen molar-refractivity contribution in [1.29, 1.82) is 0 Å². The Morgan fingerprint density at radius 1 is 1.53 bits per heavy atom. The number of nitrogens with one attached hydrogen (secondary N) is 1. The number of rotatable bonds is 4. The van der Waals surface area contributed by atoms with Crippen molar-refractivity contribution in [2.45, 2.75) is 32.7 Å². The molecule has 4 nitrogen and oxygen atoms in total. The van der Waals surface area contributed by atoms with E-state index in [1.165, 1.54) is 12.8 Å². The monoisotopic (exact) mass is 214 g/mol. The maximum absolute atomic E-state index is 11.4. The molecule has 1 saturated heterocycles. The molecule has 1 amide bonds. The summed E-state index contributed by atoms with van der Waals surface area (Å²) < 4.78 is 0. The van der Waals surface area contributed by atoms with Crippen LogP contribution >= 0.6 is 0 Å². The molecule has 1 fully saturated rings. The molecule has 2 atom stereocenters. The van der Waals surface area contributed by atoms with Crippen LogP contribution in [0.1, 0.15) is 26.7 Å². The standard InChI is InChI=1S/C11H22N2O2/c1-9-3-5-13(10(2)7-9)8-11(15)12-4-6-14/h9-10,14H,3-8H2,1-2H3,(H,12,15). The van der Waals surface area contributed by atoms with Crippen LogP contribution in [0.25, 0.3) is 0 Å². The Kier molecular flexibility index (Phi) is 5.05. The van der Waals surface area contributed by atoms with Gasteiger partial charge in [-0.2, -0.15) is 0 Å². The number of amides is 1. The third kappa shape index (κ3) is 4.18. The van der Waals surface area contributed by atoms with Gasteiger partial charge in [-0.05, 0) is 32.2 Å². The third-order valence-electron chi connectivity index (χ3n) is 3.06. The van der Waals surface area contributed by atoms with Gasteiger partial charge in [0.25, 0.3) is 0 Å². The summed E-state index contributed by atoms with van der Waals surface area (Å²) in [6.07, 6.45) is 2.35. The molecule has 0 aromatic rings. The van der Waals surface area contributed by atoms with Crippen molar-refractivity contribution in [1.82, 2.24) is 10.2 Å². The predicted molar refractivity (Wildman–Crippen MR) is 59.5 cm³/mol. The van der Waals surface area contributed by atoms with Crippen LogP contribution in [0, 0.1) is 5.92 Å². The van der Waals surface area contributed by atoms with E-state index in [0.29, 0.717) is 19.1 Å². The molecule has 1 aliphatic heterocycles. The second-order valence-electron chi connectivity index (χ2n) is 4.52. The summed E-state index contributed by atoms with van der Waals surface area (Å²) in [5.74, 6) is 0.794. The summed E-state index contributed by atoms with van der Waals surface area (Å²) in [4.78, 5) is 13.6. The van der Waals surface area contributed by atoms with Crippen molar-refractivity contribution >= 4 is 5.91 Å². The molecule has 2 unspecified atom stereocenters. The van der Waals surface area contributed by atoms with Gasteiger partial charge in [-0.3, -0.25) is 9.69 Å². The zero-order valence-corrected chi connectivity index (χ0v) is 9.70. The molecule has 1 aliphatic rings. The highest BCUT2D eigenvalue weighted by Gasteiger charge is 2.23. The van der Waals surface area contributed by atoms with Gasteiger partial charge >= 0.3 is 0 Å². The number of hydrogen-bond acceptors (Lipinski definition) is 3. The second-order valence-corrected chi connectivity index (χ2v) is 4.52. The van der Waals surface area contributed by atoms with Crippen LogP contribution in [0.3, 0.4) is 0 Å². The number of piperidine rings is 1. The minimum atomic E-state index is 0.0122. The molecule has 1 rings (SSSR count). The third-order valence-corrected chi connectivity index (χ3v) is 3.06. The first-order chi connectivity index (χ1) is 7.13. The van der Waals surface area contributed by atoms with Gasteiger partial charge in [-0.25, -0.2) is 0 Å². The fourth-order valence-electron chi connectivity index (χ4n) is 2.13. The largest absolute Gasteiger partial charge is 0.395 e. The van der Waals surface area contributed by atoms with Crippen molar-refractivity contribution in [3.05, 3.63) is 0 Å². The lowest BCUT2D eigenvalue weighted by Crippen LogP contribution is -2.46. The van der Waals surface area contributed by atoms with Crippen LogP contribution in [0.15, 0.2) is 0 Å². The van der Waals surface area contributed by atoms with Gasteiger partial charge in [0.2, 0.25) is 5.91 Å². The normalized spacial score (nSPS) is 27.7. The van der Waals surface area contributed by atoms with E-state index in [4.69, 9.17) is 5.11 Å². The summed E-state index contributed by atoms with van der Waals surface area (Å²) in [5, 5.41) is 11.3. The SMILES string of the molecule is CC1CCN(CC(=O)NCCO)C(C)C1. The Bertz CT molecular complexity index is 209. The maximum atomic E-state index is 11.4. The van der Waals surface area contributed by atoms with Gasteiger partial charge in [-0.1, -0.05) is 6.92 Å². The maximum Gasteiger partial charge on any atom is 0.234 e. The summed E-state index contributed by atoms with van der Waals surface area (Å²) in [6.45, 7) is 6.28. The smallest absolute Gasteiger partial charge is 0.234 e. The minimum Gasteiger partial charge on any atom is -0.395 e. The van der Waals surface area contributed by atoms with Gasteiger partial charge in [0.05, 0.1) is 13.2 Å². The number of carbonyl (C=O) groups is 1. The second kappa shape index (κ2) is 6.08. The van der Waals surface area contributed by atoms with Crippen molar-refractivity contribution in [2.75, 3.05) is 26.2 Å². The van der Waals surface area contributed by atoms with E-state index >= 15 is 0 Å². The van der Waals surface area contributed by atoms with Gasteiger partial charge in [0, 0.05) is 12.6 Å². The number of hydrogen-bond donors (Lipinski definition) is 2. The number of nitrogens with zero attached hydrogens (tertiary/aromatic N) is 1. The van der Waals surface area contributed by atoms with Crippen LogP contribution < -0.4 is 5.32 Å². The lowest BCUT2D eigenvalue weighted by atomic mass is 9.93. The molecule has 0 aromatic heterocycles. The van der Waals surface area contributed by atoms with E-state index < -0.39 is 0 Å². The van der Waals surface area contributed by atoms with Crippen LogP contribution in [-0.4, -0.2) is 48.2 Å². The molecule has 0 aromatic carbocycles. The lowest BCUT2D eigenvalue weighted by Gasteiger charge is -2.35. The molecule has 88 valence electrons. The zero-order valence-electron chi connectivity index (χ0n) is 9.70. The van der Waals surface area contributed by atoms with Gasteiger partial charge in [0.15, 0.2) is 0 Å². The molecule has 0 saturated carbocycles.